The van der Waals surface area contributed by atoms with Gasteiger partial charge in [0, 0.05) is 12.0 Å². The average molecular weight is 255 g/mol. The predicted octanol–water partition coefficient (Wildman–Crippen LogP) is 3.02. The Kier molecular flexibility index (Phi) is 4.17. The summed E-state index contributed by atoms with van der Waals surface area (Å²) in [6.45, 7) is 0.687. The van der Waals surface area contributed by atoms with Crippen LogP contribution in [0.25, 0.3) is 0 Å². The minimum Gasteiger partial charge on any atom is -0.496 e. The molecule has 18 heavy (non-hydrogen) atoms. The van der Waals surface area contributed by atoms with E-state index in [4.69, 9.17) is 4.74 Å². The van der Waals surface area contributed by atoms with Gasteiger partial charge in [0.1, 0.15) is 5.75 Å². The molecular weight excluding hydrogens is 236 g/mol. The van der Waals surface area contributed by atoms with Crippen LogP contribution >= 0.6 is 0 Å². The molecule has 1 heterocycles. The monoisotopic (exact) mass is 255 g/mol. The van der Waals surface area contributed by atoms with E-state index in [1.54, 1.807) is 24.3 Å². The van der Waals surface area contributed by atoms with Gasteiger partial charge in [-0.3, -0.25) is 0 Å². The molecule has 1 aromatic rings. The minimum atomic E-state index is -2.73. The molecule has 2 nitrogen and oxygen atoms in total. The molecule has 1 atom stereocenters. The van der Waals surface area contributed by atoms with E-state index in [1.807, 2.05) is 0 Å². The highest BCUT2D eigenvalue weighted by molar-refractivity contribution is 5.34. The molecule has 1 aliphatic rings. The molecule has 0 saturated carbocycles. The quantitative estimate of drug-likeness (QED) is 0.893. The first-order valence-electron chi connectivity index (χ1n) is 6.36. The Morgan fingerprint density at radius 1 is 1.33 bits per heavy atom. The Bertz CT molecular complexity index is 389. The summed E-state index contributed by atoms with van der Waals surface area (Å²) in [4.78, 5) is 0. The lowest BCUT2D eigenvalue weighted by Gasteiger charge is -2.31. The lowest BCUT2D eigenvalue weighted by Crippen LogP contribution is -2.48. The molecule has 1 unspecified atom stereocenters. The van der Waals surface area contributed by atoms with Crippen LogP contribution in [0, 0.1) is 0 Å². The van der Waals surface area contributed by atoms with E-state index in [9.17, 15) is 8.78 Å². The molecule has 2 rings (SSSR count). The lowest BCUT2D eigenvalue weighted by atomic mass is 9.94. The number of piperidine rings is 1. The third-order valence-electron chi connectivity index (χ3n) is 3.44. The summed E-state index contributed by atoms with van der Waals surface area (Å²) in [5.74, 6) is -2.19. The Balaban J connectivity index is 2.10. The van der Waals surface area contributed by atoms with Crippen molar-refractivity contribution >= 4 is 0 Å². The molecule has 1 saturated heterocycles. The van der Waals surface area contributed by atoms with Crippen molar-refractivity contribution in [1.29, 1.82) is 0 Å². The van der Waals surface area contributed by atoms with Gasteiger partial charge >= 0.3 is 0 Å². The van der Waals surface area contributed by atoms with Crippen LogP contribution < -0.4 is 10.1 Å². The summed E-state index contributed by atoms with van der Waals surface area (Å²) < 4.78 is 33.5. The van der Waals surface area contributed by atoms with Crippen LogP contribution in [-0.2, 0) is 6.42 Å². The molecule has 0 spiro atoms. The van der Waals surface area contributed by atoms with Crippen LogP contribution in [0.4, 0.5) is 8.78 Å². The van der Waals surface area contributed by atoms with E-state index in [0.717, 1.165) is 12.8 Å². The normalized spacial score (nSPS) is 20.7. The van der Waals surface area contributed by atoms with Crippen molar-refractivity contribution < 1.29 is 13.5 Å². The van der Waals surface area contributed by atoms with Crippen LogP contribution in [-0.4, -0.2) is 25.6 Å². The Labute approximate surface area is 106 Å². The summed E-state index contributed by atoms with van der Waals surface area (Å²) in [5.41, 5.74) is 0.567. The summed E-state index contributed by atoms with van der Waals surface area (Å²) in [7, 11) is 1.51. The first-order chi connectivity index (χ1) is 8.63. The molecule has 0 amide bonds. The average Bonchev–Trinajstić information content (AvgIpc) is 2.40. The summed E-state index contributed by atoms with van der Waals surface area (Å²) >= 11 is 0. The van der Waals surface area contributed by atoms with Crippen molar-refractivity contribution in [3.05, 3.63) is 29.8 Å². The maximum absolute atomic E-state index is 14.2. The van der Waals surface area contributed by atoms with E-state index < -0.39 is 12.0 Å². The van der Waals surface area contributed by atoms with Gasteiger partial charge in [0.15, 0.2) is 0 Å². The molecule has 1 aliphatic heterocycles. The third-order valence-corrected chi connectivity index (χ3v) is 3.44. The standard InChI is InChI=1S/C14H19F2NO/c1-18-12-7-3-2-6-11(12)10-14(15,16)13-8-4-5-9-17-13/h2-3,6-7,13,17H,4-5,8-10H2,1H3. The Hall–Kier alpha value is -1.16. The molecule has 1 N–H and O–H groups in total. The topological polar surface area (TPSA) is 21.3 Å². The van der Waals surface area contributed by atoms with E-state index in [0.29, 0.717) is 24.3 Å². The molecule has 0 radical (unpaired) electrons. The maximum Gasteiger partial charge on any atom is 0.267 e. The lowest BCUT2D eigenvalue weighted by molar-refractivity contribution is -0.0445. The van der Waals surface area contributed by atoms with Crippen molar-refractivity contribution in [2.75, 3.05) is 13.7 Å². The van der Waals surface area contributed by atoms with E-state index in [1.165, 1.54) is 7.11 Å². The fourth-order valence-corrected chi connectivity index (χ4v) is 2.44. The summed E-state index contributed by atoms with van der Waals surface area (Å²) in [6, 6.07) is 6.27. The van der Waals surface area contributed by atoms with Gasteiger partial charge in [-0.25, -0.2) is 8.78 Å². The zero-order valence-electron chi connectivity index (χ0n) is 10.6. The van der Waals surface area contributed by atoms with Crippen LogP contribution in [0.1, 0.15) is 24.8 Å². The smallest absolute Gasteiger partial charge is 0.267 e. The van der Waals surface area contributed by atoms with Gasteiger partial charge in [0.2, 0.25) is 0 Å². The summed E-state index contributed by atoms with van der Waals surface area (Å²) in [6.07, 6.45) is 2.14. The molecular formula is C14H19F2NO. The number of hydrogen-bond donors (Lipinski definition) is 1. The predicted molar refractivity (Wildman–Crippen MR) is 67.3 cm³/mol. The number of para-hydroxylation sites is 1. The van der Waals surface area contributed by atoms with Gasteiger partial charge in [-0.05, 0) is 25.5 Å². The van der Waals surface area contributed by atoms with E-state index >= 15 is 0 Å². The number of alkyl halides is 2. The molecule has 100 valence electrons. The number of halogens is 2. The molecule has 1 fully saturated rings. The second-order valence-electron chi connectivity index (χ2n) is 4.75. The molecule has 4 heteroatoms. The zero-order valence-corrected chi connectivity index (χ0v) is 10.6. The van der Waals surface area contributed by atoms with E-state index in [-0.39, 0.29) is 6.42 Å². The minimum absolute atomic E-state index is 0.269. The first-order valence-corrected chi connectivity index (χ1v) is 6.36. The maximum atomic E-state index is 14.2. The number of benzene rings is 1. The summed E-state index contributed by atoms with van der Waals surface area (Å²) in [5, 5.41) is 2.93. The SMILES string of the molecule is COc1ccccc1CC(F)(F)C1CCCCN1. The van der Waals surface area contributed by atoms with Crippen molar-refractivity contribution in [3.8, 4) is 5.75 Å². The number of methoxy groups -OCH3 is 1. The number of rotatable bonds is 4. The van der Waals surface area contributed by atoms with Crippen molar-refractivity contribution in [2.24, 2.45) is 0 Å². The van der Waals surface area contributed by atoms with Gasteiger partial charge in [-0.2, -0.15) is 0 Å². The van der Waals surface area contributed by atoms with Crippen LogP contribution in [0.15, 0.2) is 24.3 Å². The van der Waals surface area contributed by atoms with Crippen LogP contribution in [0.3, 0.4) is 0 Å². The largest absolute Gasteiger partial charge is 0.496 e. The first kappa shape index (κ1) is 13.3. The second kappa shape index (κ2) is 5.65. The highest BCUT2D eigenvalue weighted by atomic mass is 19.3. The van der Waals surface area contributed by atoms with Crippen molar-refractivity contribution in [1.82, 2.24) is 5.32 Å². The highest BCUT2D eigenvalue weighted by Gasteiger charge is 2.40. The fourth-order valence-electron chi connectivity index (χ4n) is 2.44. The fraction of sp³-hybridized carbons (Fsp3) is 0.571. The van der Waals surface area contributed by atoms with Gasteiger partial charge < -0.3 is 10.1 Å². The number of nitrogens with one attached hydrogen (secondary N) is 1. The van der Waals surface area contributed by atoms with Gasteiger partial charge in [0.05, 0.1) is 13.2 Å². The van der Waals surface area contributed by atoms with Gasteiger partial charge in [-0.1, -0.05) is 24.6 Å². The molecule has 1 aromatic carbocycles. The van der Waals surface area contributed by atoms with Gasteiger partial charge in [-0.15, -0.1) is 0 Å². The molecule has 0 bridgehead atoms. The third kappa shape index (κ3) is 2.99. The van der Waals surface area contributed by atoms with Crippen LogP contribution in [0.5, 0.6) is 5.75 Å². The Morgan fingerprint density at radius 3 is 2.78 bits per heavy atom. The second-order valence-corrected chi connectivity index (χ2v) is 4.75. The van der Waals surface area contributed by atoms with Crippen molar-refractivity contribution in [2.45, 2.75) is 37.6 Å². The van der Waals surface area contributed by atoms with Crippen molar-refractivity contribution in [3.63, 3.8) is 0 Å². The van der Waals surface area contributed by atoms with Crippen LogP contribution in [0.2, 0.25) is 0 Å². The molecule has 0 aromatic heterocycles. The Morgan fingerprint density at radius 2 is 2.11 bits per heavy atom. The van der Waals surface area contributed by atoms with Gasteiger partial charge in [0.25, 0.3) is 5.92 Å². The highest BCUT2D eigenvalue weighted by Crippen LogP contribution is 2.31. The van der Waals surface area contributed by atoms with E-state index in [2.05, 4.69) is 5.32 Å². The molecule has 0 aliphatic carbocycles. The number of ether oxygens (including phenoxy) is 1. The number of hydrogen-bond acceptors (Lipinski definition) is 2. The zero-order chi connectivity index (χ0) is 13.0.